The van der Waals surface area contributed by atoms with Crippen LogP contribution in [0.25, 0.3) is 0 Å². The Morgan fingerprint density at radius 1 is 0.828 bits per heavy atom. The van der Waals surface area contributed by atoms with Crippen LogP contribution in [0.5, 0.6) is 0 Å². The summed E-state index contributed by atoms with van der Waals surface area (Å²) in [6, 6.07) is 0.254. The van der Waals surface area contributed by atoms with Crippen LogP contribution in [0.3, 0.4) is 0 Å². The van der Waals surface area contributed by atoms with Crippen molar-refractivity contribution in [1.82, 2.24) is 14.7 Å². The van der Waals surface area contributed by atoms with Crippen LogP contribution in [0.15, 0.2) is 0 Å². The highest BCUT2D eigenvalue weighted by Crippen LogP contribution is 2.42. The second-order valence-electron chi connectivity index (χ2n) is 9.27. The standard InChI is InChI=1S/C21H36N4O2.2ClH/c1-15(20(26)24-7-2-3-8-24)23-9-11-25(12-10-23)21(27)18-13-16-5-4-6-17(14-18)19(16)22;;/h15-19H,2-14,22H2,1H3;2*1H. The minimum atomic E-state index is -0.0626. The number of carbonyl (C=O) groups excluding carboxylic acids is 2. The van der Waals surface area contributed by atoms with Crippen molar-refractivity contribution in [1.29, 1.82) is 0 Å². The Morgan fingerprint density at radius 2 is 1.38 bits per heavy atom. The molecule has 6 nitrogen and oxygen atoms in total. The number of fused-ring (bicyclic) bond motifs is 2. The minimum absolute atomic E-state index is 0. The summed E-state index contributed by atoms with van der Waals surface area (Å²) in [5.41, 5.74) is 6.39. The van der Waals surface area contributed by atoms with Gasteiger partial charge in [-0.15, -0.1) is 24.8 Å². The molecule has 3 unspecified atom stereocenters. The zero-order valence-electron chi connectivity index (χ0n) is 17.6. The number of nitrogens with two attached hydrogens (primary N) is 1. The molecule has 2 saturated carbocycles. The molecule has 2 heterocycles. The van der Waals surface area contributed by atoms with E-state index in [9.17, 15) is 9.59 Å². The van der Waals surface area contributed by atoms with Gasteiger partial charge in [-0.25, -0.2) is 0 Å². The number of halogens is 2. The molecule has 3 atom stereocenters. The van der Waals surface area contributed by atoms with Gasteiger partial charge >= 0.3 is 0 Å². The molecule has 2 aliphatic heterocycles. The van der Waals surface area contributed by atoms with Crippen molar-refractivity contribution < 1.29 is 9.59 Å². The molecule has 2 N–H and O–H groups in total. The van der Waals surface area contributed by atoms with Gasteiger partial charge in [-0.3, -0.25) is 14.5 Å². The van der Waals surface area contributed by atoms with Crippen LogP contribution in [0.4, 0.5) is 0 Å². The Labute approximate surface area is 187 Å². The molecule has 0 aromatic rings. The van der Waals surface area contributed by atoms with Gasteiger partial charge in [0.05, 0.1) is 6.04 Å². The highest BCUT2D eigenvalue weighted by atomic mass is 35.5. The van der Waals surface area contributed by atoms with E-state index in [1.807, 2.05) is 11.8 Å². The average molecular weight is 449 g/mol. The summed E-state index contributed by atoms with van der Waals surface area (Å²) >= 11 is 0. The molecule has 4 aliphatic rings. The number of carbonyl (C=O) groups is 2. The number of rotatable bonds is 3. The fourth-order valence-corrected chi connectivity index (χ4v) is 5.94. The summed E-state index contributed by atoms with van der Waals surface area (Å²) in [4.78, 5) is 32.1. The Morgan fingerprint density at radius 3 is 1.93 bits per heavy atom. The number of amides is 2. The number of piperazine rings is 1. The van der Waals surface area contributed by atoms with Crippen LogP contribution < -0.4 is 5.73 Å². The first kappa shape index (κ1) is 24.7. The van der Waals surface area contributed by atoms with E-state index in [-0.39, 0.29) is 42.7 Å². The van der Waals surface area contributed by atoms with Gasteiger partial charge < -0.3 is 15.5 Å². The monoisotopic (exact) mass is 448 g/mol. The lowest BCUT2D eigenvalue weighted by Crippen LogP contribution is -2.57. The van der Waals surface area contributed by atoms with Gasteiger partial charge in [0.2, 0.25) is 11.8 Å². The first-order valence-electron chi connectivity index (χ1n) is 11.1. The van der Waals surface area contributed by atoms with E-state index in [2.05, 4.69) is 9.80 Å². The SMILES string of the molecule is CC(C(=O)N1CCCC1)N1CCN(C(=O)C2CC3CCCC(C2)C3N)CC1.Cl.Cl. The van der Waals surface area contributed by atoms with Crippen LogP contribution >= 0.6 is 24.8 Å². The number of hydrogen-bond donors (Lipinski definition) is 1. The van der Waals surface area contributed by atoms with Gasteiger partial charge in [0.15, 0.2) is 0 Å². The highest BCUT2D eigenvalue weighted by molar-refractivity contribution is 5.85. The zero-order valence-corrected chi connectivity index (χ0v) is 19.3. The highest BCUT2D eigenvalue weighted by Gasteiger charge is 2.42. The molecule has 2 saturated heterocycles. The molecule has 168 valence electrons. The van der Waals surface area contributed by atoms with Crippen molar-refractivity contribution in [3.63, 3.8) is 0 Å². The largest absolute Gasteiger partial charge is 0.341 e. The van der Waals surface area contributed by atoms with Crippen LogP contribution in [0.1, 0.15) is 51.9 Å². The average Bonchev–Trinajstić information content (AvgIpc) is 3.21. The van der Waals surface area contributed by atoms with Gasteiger partial charge in [0.25, 0.3) is 0 Å². The maximum Gasteiger partial charge on any atom is 0.239 e. The molecule has 0 radical (unpaired) electrons. The summed E-state index contributed by atoms with van der Waals surface area (Å²) in [5, 5.41) is 0. The number of hydrogen-bond acceptors (Lipinski definition) is 4. The second kappa shape index (κ2) is 10.7. The molecule has 2 bridgehead atoms. The predicted octanol–water partition coefficient (Wildman–Crippen LogP) is 2.14. The fraction of sp³-hybridized carbons (Fsp3) is 0.905. The van der Waals surface area contributed by atoms with Gasteiger partial charge in [-0.1, -0.05) is 6.42 Å². The number of likely N-dealkylation sites (tertiary alicyclic amines) is 1. The van der Waals surface area contributed by atoms with Crippen molar-refractivity contribution in [2.45, 2.75) is 64.0 Å². The van der Waals surface area contributed by atoms with Crippen molar-refractivity contribution in [3.8, 4) is 0 Å². The van der Waals surface area contributed by atoms with Crippen LogP contribution in [-0.4, -0.2) is 77.9 Å². The molecule has 0 aromatic carbocycles. The third-order valence-corrected chi connectivity index (χ3v) is 7.71. The van der Waals surface area contributed by atoms with E-state index < -0.39 is 0 Å². The van der Waals surface area contributed by atoms with E-state index >= 15 is 0 Å². The lowest BCUT2D eigenvalue weighted by atomic mass is 9.65. The molecule has 0 spiro atoms. The lowest BCUT2D eigenvalue weighted by Gasteiger charge is -2.45. The van der Waals surface area contributed by atoms with Crippen LogP contribution in [0, 0.1) is 17.8 Å². The molecular formula is C21H38Cl2N4O2. The number of nitrogens with zero attached hydrogens (tertiary/aromatic N) is 3. The molecule has 4 fully saturated rings. The third-order valence-electron chi connectivity index (χ3n) is 7.71. The van der Waals surface area contributed by atoms with Crippen molar-refractivity contribution in [3.05, 3.63) is 0 Å². The lowest BCUT2D eigenvalue weighted by molar-refractivity contribution is -0.142. The van der Waals surface area contributed by atoms with Crippen molar-refractivity contribution >= 4 is 36.6 Å². The molecular weight excluding hydrogens is 411 g/mol. The van der Waals surface area contributed by atoms with Crippen molar-refractivity contribution in [2.24, 2.45) is 23.5 Å². The second-order valence-corrected chi connectivity index (χ2v) is 9.27. The van der Waals surface area contributed by atoms with Crippen LogP contribution in [0.2, 0.25) is 0 Å². The maximum atomic E-state index is 13.1. The molecule has 2 aliphatic carbocycles. The van der Waals surface area contributed by atoms with E-state index in [4.69, 9.17) is 5.73 Å². The molecule has 8 heteroatoms. The molecule has 29 heavy (non-hydrogen) atoms. The van der Waals surface area contributed by atoms with Gasteiger partial charge in [0.1, 0.15) is 0 Å². The van der Waals surface area contributed by atoms with E-state index in [1.54, 1.807) is 0 Å². The maximum absolute atomic E-state index is 13.1. The zero-order chi connectivity index (χ0) is 19.0. The van der Waals surface area contributed by atoms with Gasteiger partial charge in [-0.2, -0.15) is 0 Å². The van der Waals surface area contributed by atoms with E-state index in [1.165, 1.54) is 19.3 Å². The van der Waals surface area contributed by atoms with Gasteiger partial charge in [0, 0.05) is 51.2 Å². The first-order chi connectivity index (χ1) is 13.0. The van der Waals surface area contributed by atoms with Crippen molar-refractivity contribution in [2.75, 3.05) is 39.3 Å². The third kappa shape index (κ3) is 5.20. The molecule has 4 rings (SSSR count). The summed E-state index contributed by atoms with van der Waals surface area (Å²) in [6.07, 6.45) is 7.92. The predicted molar refractivity (Wildman–Crippen MR) is 119 cm³/mol. The smallest absolute Gasteiger partial charge is 0.239 e. The molecule has 0 aromatic heterocycles. The summed E-state index contributed by atoms with van der Waals surface area (Å²) in [6.45, 7) is 6.99. The Bertz CT molecular complexity index is 551. The Kier molecular flexibility index (Phi) is 9.07. The molecule has 2 amide bonds. The summed E-state index contributed by atoms with van der Waals surface area (Å²) in [5.74, 6) is 1.88. The van der Waals surface area contributed by atoms with Crippen LogP contribution in [-0.2, 0) is 9.59 Å². The normalized spacial score (nSPS) is 33.4. The minimum Gasteiger partial charge on any atom is -0.341 e. The van der Waals surface area contributed by atoms with E-state index in [0.29, 0.717) is 23.8 Å². The topological polar surface area (TPSA) is 69.9 Å². The Hall–Kier alpha value is -0.560. The summed E-state index contributed by atoms with van der Waals surface area (Å²) < 4.78 is 0. The van der Waals surface area contributed by atoms with Gasteiger partial charge in [-0.05, 0) is 57.3 Å². The quantitative estimate of drug-likeness (QED) is 0.717. The van der Waals surface area contributed by atoms with E-state index in [0.717, 1.165) is 65.0 Å². The Balaban J connectivity index is 0.00000150. The fourth-order valence-electron chi connectivity index (χ4n) is 5.94. The summed E-state index contributed by atoms with van der Waals surface area (Å²) in [7, 11) is 0. The first-order valence-corrected chi connectivity index (χ1v) is 11.1.